The van der Waals surface area contributed by atoms with Crippen LogP contribution in [0.1, 0.15) is 33.6 Å². The van der Waals surface area contributed by atoms with Crippen LogP contribution < -0.4 is 11.1 Å². The van der Waals surface area contributed by atoms with Crippen molar-refractivity contribution in [1.82, 2.24) is 10.2 Å². The van der Waals surface area contributed by atoms with Gasteiger partial charge in [0.2, 0.25) is 0 Å². The first-order chi connectivity index (χ1) is 7.62. The molecule has 0 aromatic heterocycles. The van der Waals surface area contributed by atoms with Gasteiger partial charge in [-0.2, -0.15) is 0 Å². The molecule has 2 rings (SSSR count). The molecule has 92 valence electrons. The molecule has 1 saturated heterocycles. The number of nitrogens with one attached hydrogen (secondary N) is 1. The maximum absolute atomic E-state index is 6.08. The number of piperidine rings is 1. The maximum Gasteiger partial charge on any atom is 0.192 e. The number of aliphatic imine (C=N–C) groups is 1. The van der Waals surface area contributed by atoms with E-state index in [1.54, 1.807) is 0 Å². The molecule has 1 spiro atoms. The largest absolute Gasteiger partial charge is 0.370 e. The molecular formula is C12H24N4. The minimum absolute atomic E-state index is 0.185. The van der Waals surface area contributed by atoms with Crippen LogP contribution in [0.25, 0.3) is 0 Å². The Morgan fingerprint density at radius 3 is 3.06 bits per heavy atom. The molecule has 0 aliphatic carbocycles. The average molecular weight is 224 g/mol. The fraction of sp³-hybridized carbons (Fsp3) is 0.917. The Morgan fingerprint density at radius 1 is 1.69 bits per heavy atom. The number of rotatable bonds is 2. The first-order valence-corrected chi connectivity index (χ1v) is 6.42. The molecule has 4 heteroatoms. The van der Waals surface area contributed by atoms with Gasteiger partial charge in [-0.25, -0.2) is 0 Å². The van der Waals surface area contributed by atoms with Crippen molar-refractivity contribution in [1.29, 1.82) is 0 Å². The van der Waals surface area contributed by atoms with Gasteiger partial charge in [0.15, 0.2) is 5.96 Å². The predicted octanol–water partition coefficient (Wildman–Crippen LogP) is 0.783. The monoisotopic (exact) mass is 224 g/mol. The van der Waals surface area contributed by atoms with Gasteiger partial charge in [-0.3, -0.25) is 4.99 Å². The molecule has 16 heavy (non-hydrogen) atoms. The maximum atomic E-state index is 6.08. The van der Waals surface area contributed by atoms with Gasteiger partial charge < -0.3 is 16.0 Å². The SMILES string of the molecule is CCC(C)N1C(N)=NCC12CCNCC2C. The van der Waals surface area contributed by atoms with Gasteiger partial charge in [0.1, 0.15) is 0 Å². The molecule has 0 aromatic rings. The molecule has 0 saturated carbocycles. The summed E-state index contributed by atoms with van der Waals surface area (Å²) in [7, 11) is 0. The lowest BCUT2D eigenvalue weighted by molar-refractivity contribution is 0.0656. The van der Waals surface area contributed by atoms with Gasteiger partial charge in [-0.15, -0.1) is 0 Å². The smallest absolute Gasteiger partial charge is 0.192 e. The van der Waals surface area contributed by atoms with Crippen LogP contribution in [0.5, 0.6) is 0 Å². The van der Waals surface area contributed by atoms with Crippen molar-refractivity contribution in [3.05, 3.63) is 0 Å². The Labute approximate surface area is 98.3 Å². The van der Waals surface area contributed by atoms with E-state index >= 15 is 0 Å². The standard InChI is InChI=1S/C12H24N4/c1-4-10(3)16-11(13)15-8-12(16)5-6-14-7-9(12)2/h9-10,14H,4-8H2,1-3H3,(H2,13,15). The summed E-state index contributed by atoms with van der Waals surface area (Å²) in [5.74, 6) is 1.36. The van der Waals surface area contributed by atoms with E-state index in [0.717, 1.165) is 38.4 Å². The van der Waals surface area contributed by atoms with Crippen molar-refractivity contribution < 1.29 is 0 Å². The Morgan fingerprint density at radius 2 is 2.44 bits per heavy atom. The highest BCUT2D eigenvalue weighted by Gasteiger charge is 2.48. The second-order valence-electron chi connectivity index (χ2n) is 5.26. The zero-order valence-electron chi connectivity index (χ0n) is 10.7. The second kappa shape index (κ2) is 4.24. The fourth-order valence-corrected chi connectivity index (χ4v) is 3.10. The molecule has 2 aliphatic heterocycles. The number of hydrogen-bond donors (Lipinski definition) is 2. The second-order valence-corrected chi connectivity index (χ2v) is 5.26. The lowest BCUT2D eigenvalue weighted by Crippen LogP contribution is -2.63. The van der Waals surface area contributed by atoms with Crippen LogP contribution >= 0.6 is 0 Å². The summed E-state index contributed by atoms with van der Waals surface area (Å²) in [6.07, 6.45) is 2.28. The number of nitrogens with zero attached hydrogens (tertiary/aromatic N) is 2. The van der Waals surface area contributed by atoms with E-state index in [4.69, 9.17) is 5.73 Å². The molecule has 4 nitrogen and oxygen atoms in total. The van der Waals surface area contributed by atoms with Crippen LogP contribution in [0.2, 0.25) is 0 Å². The van der Waals surface area contributed by atoms with Crippen LogP contribution in [-0.4, -0.2) is 42.1 Å². The van der Waals surface area contributed by atoms with E-state index < -0.39 is 0 Å². The third kappa shape index (κ3) is 1.59. The van der Waals surface area contributed by atoms with Gasteiger partial charge >= 0.3 is 0 Å². The molecule has 2 heterocycles. The van der Waals surface area contributed by atoms with Crippen molar-refractivity contribution in [2.45, 2.75) is 45.2 Å². The molecule has 3 N–H and O–H groups in total. The van der Waals surface area contributed by atoms with E-state index in [2.05, 4.69) is 36.0 Å². The summed E-state index contributed by atoms with van der Waals surface area (Å²) >= 11 is 0. The van der Waals surface area contributed by atoms with Crippen molar-refractivity contribution in [2.75, 3.05) is 19.6 Å². The molecule has 3 atom stereocenters. The highest BCUT2D eigenvalue weighted by Crippen LogP contribution is 2.36. The van der Waals surface area contributed by atoms with Gasteiger partial charge in [0.05, 0.1) is 12.1 Å². The number of guanidine groups is 1. The normalized spacial score (nSPS) is 36.6. The minimum atomic E-state index is 0.185. The predicted molar refractivity (Wildman–Crippen MR) is 67.5 cm³/mol. The number of nitrogens with two attached hydrogens (primary N) is 1. The fourth-order valence-electron chi connectivity index (χ4n) is 3.10. The zero-order valence-corrected chi connectivity index (χ0v) is 10.7. The molecular weight excluding hydrogens is 200 g/mol. The lowest BCUT2D eigenvalue weighted by Gasteiger charge is -2.49. The molecule has 1 fully saturated rings. The molecule has 2 aliphatic rings. The third-order valence-electron chi connectivity index (χ3n) is 4.38. The van der Waals surface area contributed by atoms with Gasteiger partial charge in [-0.1, -0.05) is 13.8 Å². The van der Waals surface area contributed by atoms with Gasteiger partial charge in [-0.05, 0) is 32.2 Å². The zero-order chi connectivity index (χ0) is 11.8. The molecule has 3 unspecified atom stereocenters. The summed E-state index contributed by atoms with van der Waals surface area (Å²) in [6, 6.07) is 0.492. The van der Waals surface area contributed by atoms with Crippen molar-refractivity contribution in [3.8, 4) is 0 Å². The third-order valence-corrected chi connectivity index (χ3v) is 4.38. The Kier molecular flexibility index (Phi) is 3.10. The Balaban J connectivity index is 2.26. The van der Waals surface area contributed by atoms with E-state index in [1.807, 2.05) is 0 Å². The van der Waals surface area contributed by atoms with Crippen LogP contribution in [0.15, 0.2) is 4.99 Å². The Hall–Kier alpha value is -0.770. The summed E-state index contributed by atoms with van der Waals surface area (Å²) < 4.78 is 0. The highest BCUT2D eigenvalue weighted by atomic mass is 15.4. The van der Waals surface area contributed by atoms with Crippen molar-refractivity contribution in [2.24, 2.45) is 16.6 Å². The van der Waals surface area contributed by atoms with Crippen LogP contribution in [0.3, 0.4) is 0 Å². The average Bonchev–Trinajstić information content (AvgIpc) is 2.61. The minimum Gasteiger partial charge on any atom is -0.370 e. The summed E-state index contributed by atoms with van der Waals surface area (Å²) in [6.45, 7) is 9.83. The van der Waals surface area contributed by atoms with Crippen LogP contribution in [-0.2, 0) is 0 Å². The molecule has 0 radical (unpaired) electrons. The van der Waals surface area contributed by atoms with Gasteiger partial charge in [0, 0.05) is 12.6 Å². The lowest BCUT2D eigenvalue weighted by atomic mass is 9.78. The highest BCUT2D eigenvalue weighted by molar-refractivity contribution is 5.81. The molecule has 0 bridgehead atoms. The van der Waals surface area contributed by atoms with Crippen LogP contribution in [0.4, 0.5) is 0 Å². The summed E-state index contributed by atoms with van der Waals surface area (Å²) in [5, 5.41) is 3.46. The van der Waals surface area contributed by atoms with E-state index in [1.165, 1.54) is 0 Å². The first kappa shape index (κ1) is 11.7. The van der Waals surface area contributed by atoms with E-state index in [9.17, 15) is 0 Å². The van der Waals surface area contributed by atoms with Crippen LogP contribution in [0, 0.1) is 5.92 Å². The molecule has 0 aromatic carbocycles. The van der Waals surface area contributed by atoms with E-state index in [-0.39, 0.29) is 5.54 Å². The van der Waals surface area contributed by atoms with Gasteiger partial charge in [0.25, 0.3) is 0 Å². The van der Waals surface area contributed by atoms with E-state index in [0.29, 0.717) is 12.0 Å². The quantitative estimate of drug-likeness (QED) is 0.729. The van der Waals surface area contributed by atoms with Crippen molar-refractivity contribution >= 4 is 5.96 Å². The summed E-state index contributed by atoms with van der Waals surface area (Å²) in [4.78, 5) is 6.89. The number of hydrogen-bond acceptors (Lipinski definition) is 4. The topological polar surface area (TPSA) is 53.6 Å². The molecule has 0 amide bonds. The Bertz CT molecular complexity index is 289. The van der Waals surface area contributed by atoms with Crippen molar-refractivity contribution in [3.63, 3.8) is 0 Å². The summed E-state index contributed by atoms with van der Waals surface area (Å²) in [5.41, 5.74) is 6.26. The first-order valence-electron chi connectivity index (χ1n) is 6.42.